The van der Waals surface area contributed by atoms with E-state index in [1.165, 1.54) is 19.3 Å². The van der Waals surface area contributed by atoms with E-state index < -0.39 is 0 Å². The highest BCUT2D eigenvalue weighted by molar-refractivity contribution is 5.80. The van der Waals surface area contributed by atoms with Crippen LogP contribution in [0.15, 0.2) is 0 Å². The van der Waals surface area contributed by atoms with E-state index in [0.717, 1.165) is 25.7 Å². The number of carbonyl (C=O) groups excluding carboxylic acids is 1. The van der Waals surface area contributed by atoms with E-state index in [1.54, 1.807) is 0 Å². The Hall–Kier alpha value is -0.530. The fourth-order valence-electron chi connectivity index (χ4n) is 2.41. The van der Waals surface area contributed by atoms with E-state index in [9.17, 15) is 4.79 Å². The summed E-state index contributed by atoms with van der Waals surface area (Å²) in [5.41, 5.74) is 5.40. The van der Waals surface area contributed by atoms with Gasteiger partial charge < -0.3 is 5.73 Å². The second-order valence-electron chi connectivity index (χ2n) is 5.14. The molecule has 1 aliphatic rings. The molecule has 0 unspecified atom stereocenters. The van der Waals surface area contributed by atoms with Crippen LogP contribution in [0.4, 0.5) is 0 Å². The van der Waals surface area contributed by atoms with Gasteiger partial charge in [-0.25, -0.2) is 0 Å². The number of rotatable bonds is 4. The third kappa shape index (κ3) is 2.73. The van der Waals surface area contributed by atoms with Crippen LogP contribution < -0.4 is 5.73 Å². The molecule has 0 bridgehead atoms. The topological polar surface area (TPSA) is 43.1 Å². The van der Waals surface area contributed by atoms with Gasteiger partial charge in [-0.15, -0.1) is 0 Å². The predicted octanol–water partition coefficient (Wildman–Crippen LogP) is 2.86. The molecule has 2 nitrogen and oxygen atoms in total. The maximum Gasteiger partial charge on any atom is 0.223 e. The van der Waals surface area contributed by atoms with Crippen molar-refractivity contribution in [2.75, 3.05) is 0 Å². The molecule has 2 N–H and O–H groups in total. The lowest BCUT2D eigenvalue weighted by atomic mass is 9.70. The fraction of sp³-hybridized carbons (Fsp3) is 0.917. The van der Waals surface area contributed by atoms with Gasteiger partial charge in [-0.1, -0.05) is 33.1 Å². The minimum atomic E-state index is -0.150. The van der Waals surface area contributed by atoms with Crippen molar-refractivity contribution >= 4 is 5.91 Å². The molecular weight excluding hydrogens is 174 g/mol. The maximum absolute atomic E-state index is 11.5. The Morgan fingerprint density at radius 1 is 1.29 bits per heavy atom. The normalized spacial score (nSPS) is 21.1. The molecule has 1 rings (SSSR count). The molecule has 1 fully saturated rings. The zero-order valence-electron chi connectivity index (χ0n) is 9.51. The quantitative estimate of drug-likeness (QED) is 0.740. The standard InChI is InChI=1S/C12H23NO/c1-10(2)6-9-12(11(13)14)7-4-3-5-8-12/h10H,3-9H2,1-2H3,(H2,13,14). The summed E-state index contributed by atoms with van der Waals surface area (Å²) >= 11 is 0. The summed E-state index contributed by atoms with van der Waals surface area (Å²) in [6.45, 7) is 4.41. The summed E-state index contributed by atoms with van der Waals surface area (Å²) in [6, 6.07) is 0. The van der Waals surface area contributed by atoms with E-state index >= 15 is 0 Å². The number of hydrogen-bond donors (Lipinski definition) is 1. The van der Waals surface area contributed by atoms with Crippen LogP contribution in [-0.4, -0.2) is 5.91 Å². The van der Waals surface area contributed by atoms with Gasteiger partial charge in [0.2, 0.25) is 5.91 Å². The first-order chi connectivity index (χ1) is 6.57. The van der Waals surface area contributed by atoms with Gasteiger partial charge in [-0.2, -0.15) is 0 Å². The number of amides is 1. The lowest BCUT2D eigenvalue weighted by Gasteiger charge is -2.34. The average molecular weight is 197 g/mol. The Bertz CT molecular complexity index is 192. The van der Waals surface area contributed by atoms with Crippen molar-refractivity contribution in [3.63, 3.8) is 0 Å². The number of carbonyl (C=O) groups is 1. The van der Waals surface area contributed by atoms with Crippen molar-refractivity contribution in [2.24, 2.45) is 17.1 Å². The summed E-state index contributed by atoms with van der Waals surface area (Å²) < 4.78 is 0. The molecule has 14 heavy (non-hydrogen) atoms. The highest BCUT2D eigenvalue weighted by atomic mass is 16.1. The molecule has 0 spiro atoms. The summed E-state index contributed by atoms with van der Waals surface area (Å²) in [5, 5.41) is 0. The van der Waals surface area contributed by atoms with Gasteiger partial charge in [0.1, 0.15) is 0 Å². The van der Waals surface area contributed by atoms with Crippen LogP contribution in [0.25, 0.3) is 0 Å². The molecule has 0 saturated heterocycles. The van der Waals surface area contributed by atoms with Crippen molar-refractivity contribution < 1.29 is 4.79 Å². The van der Waals surface area contributed by atoms with Crippen LogP contribution >= 0.6 is 0 Å². The smallest absolute Gasteiger partial charge is 0.223 e. The molecule has 0 radical (unpaired) electrons. The van der Waals surface area contributed by atoms with Crippen molar-refractivity contribution in [2.45, 2.75) is 58.8 Å². The Labute approximate surface area is 87.2 Å². The van der Waals surface area contributed by atoms with Crippen molar-refractivity contribution in [3.8, 4) is 0 Å². The van der Waals surface area contributed by atoms with Gasteiger partial charge in [0.15, 0.2) is 0 Å². The molecule has 1 aliphatic carbocycles. The van der Waals surface area contributed by atoms with Crippen molar-refractivity contribution in [1.82, 2.24) is 0 Å². The zero-order chi connectivity index (χ0) is 10.6. The van der Waals surface area contributed by atoms with Gasteiger partial charge >= 0.3 is 0 Å². The predicted molar refractivity (Wildman–Crippen MR) is 58.8 cm³/mol. The highest BCUT2D eigenvalue weighted by Gasteiger charge is 2.37. The van der Waals surface area contributed by atoms with E-state index in [0.29, 0.717) is 5.92 Å². The van der Waals surface area contributed by atoms with Crippen molar-refractivity contribution in [3.05, 3.63) is 0 Å². The van der Waals surface area contributed by atoms with Gasteiger partial charge in [0, 0.05) is 5.41 Å². The molecule has 1 saturated carbocycles. The SMILES string of the molecule is CC(C)CCC1(C(N)=O)CCCCC1. The van der Waals surface area contributed by atoms with Crippen LogP contribution in [0.2, 0.25) is 0 Å². The van der Waals surface area contributed by atoms with Gasteiger partial charge in [-0.3, -0.25) is 4.79 Å². The van der Waals surface area contributed by atoms with Crippen LogP contribution in [0.1, 0.15) is 58.8 Å². The Balaban J connectivity index is 2.56. The monoisotopic (exact) mass is 197 g/mol. The van der Waals surface area contributed by atoms with Gasteiger partial charge in [-0.05, 0) is 31.6 Å². The fourth-order valence-corrected chi connectivity index (χ4v) is 2.41. The third-order valence-electron chi connectivity index (χ3n) is 3.53. The summed E-state index contributed by atoms with van der Waals surface area (Å²) in [7, 11) is 0. The molecule has 0 aliphatic heterocycles. The molecule has 0 atom stereocenters. The second kappa shape index (κ2) is 4.81. The summed E-state index contributed by atoms with van der Waals surface area (Å²) in [6.07, 6.45) is 7.81. The Kier molecular flexibility index (Phi) is 3.97. The lowest BCUT2D eigenvalue weighted by molar-refractivity contribution is -0.130. The first-order valence-electron chi connectivity index (χ1n) is 5.87. The van der Waals surface area contributed by atoms with Gasteiger partial charge in [0.25, 0.3) is 0 Å². The minimum Gasteiger partial charge on any atom is -0.369 e. The first kappa shape index (κ1) is 11.5. The molecule has 0 aromatic carbocycles. The molecule has 0 aromatic heterocycles. The summed E-state index contributed by atoms with van der Waals surface area (Å²) in [4.78, 5) is 11.5. The van der Waals surface area contributed by atoms with E-state index in [1.807, 2.05) is 0 Å². The minimum absolute atomic E-state index is 0.0575. The zero-order valence-corrected chi connectivity index (χ0v) is 9.51. The molecule has 0 aromatic rings. The molecular formula is C12H23NO. The average Bonchev–Trinajstić information content (AvgIpc) is 2.16. The number of nitrogens with two attached hydrogens (primary N) is 1. The summed E-state index contributed by atoms with van der Waals surface area (Å²) in [5.74, 6) is 0.617. The van der Waals surface area contributed by atoms with Crippen LogP contribution in [0.3, 0.4) is 0 Å². The third-order valence-corrected chi connectivity index (χ3v) is 3.53. The van der Waals surface area contributed by atoms with E-state index in [4.69, 9.17) is 5.73 Å². The lowest BCUT2D eigenvalue weighted by Crippen LogP contribution is -2.39. The number of primary amides is 1. The first-order valence-corrected chi connectivity index (χ1v) is 5.87. The van der Waals surface area contributed by atoms with Gasteiger partial charge in [0.05, 0.1) is 0 Å². The highest BCUT2D eigenvalue weighted by Crippen LogP contribution is 2.40. The molecule has 82 valence electrons. The maximum atomic E-state index is 11.5. The second-order valence-corrected chi connectivity index (χ2v) is 5.14. The van der Waals surface area contributed by atoms with E-state index in [2.05, 4.69) is 13.8 Å². The number of hydrogen-bond acceptors (Lipinski definition) is 1. The van der Waals surface area contributed by atoms with Crippen LogP contribution in [-0.2, 0) is 4.79 Å². The molecule has 1 amide bonds. The van der Waals surface area contributed by atoms with Crippen LogP contribution in [0.5, 0.6) is 0 Å². The van der Waals surface area contributed by atoms with Crippen molar-refractivity contribution in [1.29, 1.82) is 0 Å². The molecule has 2 heteroatoms. The van der Waals surface area contributed by atoms with E-state index in [-0.39, 0.29) is 11.3 Å². The van der Waals surface area contributed by atoms with Crippen LogP contribution in [0, 0.1) is 11.3 Å². The Morgan fingerprint density at radius 2 is 1.86 bits per heavy atom. The Morgan fingerprint density at radius 3 is 2.29 bits per heavy atom. The molecule has 0 heterocycles. The largest absolute Gasteiger partial charge is 0.369 e.